The molecule has 0 amide bonds. The normalized spacial score (nSPS) is 16.3. The zero-order valence-corrected chi connectivity index (χ0v) is 19.1. The highest BCUT2D eigenvalue weighted by Gasteiger charge is 2.30. The first-order valence-corrected chi connectivity index (χ1v) is 11.7. The van der Waals surface area contributed by atoms with Crippen LogP contribution in [0.15, 0.2) is 50.9 Å². The van der Waals surface area contributed by atoms with Crippen LogP contribution in [0.25, 0.3) is 10.9 Å². The molecule has 152 valence electrons. The highest BCUT2D eigenvalue weighted by Crippen LogP contribution is 2.46. The summed E-state index contributed by atoms with van der Waals surface area (Å²) in [6.45, 7) is 5.38. The van der Waals surface area contributed by atoms with Gasteiger partial charge < -0.3 is 9.67 Å². The van der Waals surface area contributed by atoms with Crippen LogP contribution in [-0.2, 0) is 17.8 Å². The van der Waals surface area contributed by atoms with E-state index in [0.717, 1.165) is 40.7 Å². The molecule has 0 saturated heterocycles. The molecule has 4 nitrogen and oxygen atoms in total. The van der Waals surface area contributed by atoms with Crippen molar-refractivity contribution < 1.29 is 9.90 Å². The molecule has 2 aromatic heterocycles. The van der Waals surface area contributed by atoms with Crippen molar-refractivity contribution in [3.63, 3.8) is 0 Å². The lowest BCUT2D eigenvalue weighted by atomic mass is 9.92. The van der Waals surface area contributed by atoms with Crippen molar-refractivity contribution in [2.45, 2.75) is 61.8 Å². The molecule has 4 rings (SSSR count). The molecule has 0 spiro atoms. The zero-order chi connectivity index (χ0) is 20.5. The predicted octanol–water partition coefficient (Wildman–Crippen LogP) is 6.50. The number of aromatic nitrogens is 2. The number of nitrogens with zero attached hydrogens (tertiary/aromatic N) is 2. The number of aliphatic carboxylic acids is 1. The summed E-state index contributed by atoms with van der Waals surface area (Å²) in [5.74, 6) is -0.160. The van der Waals surface area contributed by atoms with Crippen LogP contribution in [0.5, 0.6) is 0 Å². The summed E-state index contributed by atoms with van der Waals surface area (Å²) in [6, 6.07) is 8.34. The molecule has 29 heavy (non-hydrogen) atoms. The topological polar surface area (TPSA) is 55.1 Å². The van der Waals surface area contributed by atoms with Crippen LogP contribution in [-0.4, -0.2) is 20.6 Å². The van der Waals surface area contributed by atoms with Gasteiger partial charge in [-0.25, -0.2) is 0 Å². The summed E-state index contributed by atoms with van der Waals surface area (Å²) < 4.78 is 3.39. The van der Waals surface area contributed by atoms with Crippen molar-refractivity contribution in [2.24, 2.45) is 5.92 Å². The van der Waals surface area contributed by atoms with Gasteiger partial charge in [-0.05, 0) is 55.0 Å². The first-order chi connectivity index (χ1) is 13.9. The number of hydrogen-bond acceptors (Lipinski definition) is 3. The third kappa shape index (κ3) is 4.24. The van der Waals surface area contributed by atoms with Gasteiger partial charge in [0.15, 0.2) is 0 Å². The Kier molecular flexibility index (Phi) is 6.02. The van der Waals surface area contributed by atoms with Crippen molar-refractivity contribution in [1.82, 2.24) is 9.55 Å². The quantitative estimate of drug-likeness (QED) is 0.444. The van der Waals surface area contributed by atoms with Crippen LogP contribution in [0.1, 0.15) is 50.3 Å². The van der Waals surface area contributed by atoms with E-state index in [2.05, 4.69) is 63.6 Å². The van der Waals surface area contributed by atoms with Gasteiger partial charge in [-0.2, -0.15) is 0 Å². The maximum absolute atomic E-state index is 11.6. The van der Waals surface area contributed by atoms with E-state index in [9.17, 15) is 9.90 Å². The molecule has 6 heteroatoms. The van der Waals surface area contributed by atoms with E-state index in [1.165, 1.54) is 21.5 Å². The molecule has 0 fully saturated rings. The van der Waals surface area contributed by atoms with Gasteiger partial charge in [-0.1, -0.05) is 41.5 Å². The van der Waals surface area contributed by atoms with Crippen LogP contribution < -0.4 is 0 Å². The minimum atomic E-state index is -0.728. The van der Waals surface area contributed by atoms with E-state index in [1.807, 2.05) is 12.4 Å². The molecule has 3 aromatic rings. The summed E-state index contributed by atoms with van der Waals surface area (Å²) in [5.41, 5.74) is 3.58. The van der Waals surface area contributed by atoms with E-state index >= 15 is 0 Å². The molecule has 0 saturated carbocycles. The lowest BCUT2D eigenvalue weighted by molar-refractivity contribution is -0.137. The fourth-order valence-corrected chi connectivity index (χ4v) is 5.84. The lowest BCUT2D eigenvalue weighted by Gasteiger charge is -2.25. The van der Waals surface area contributed by atoms with Gasteiger partial charge in [0.25, 0.3) is 0 Å². The average Bonchev–Trinajstić information content (AvgIpc) is 2.99. The second-order valence-electron chi connectivity index (χ2n) is 8.15. The maximum atomic E-state index is 11.6. The van der Waals surface area contributed by atoms with Crippen molar-refractivity contribution in [1.29, 1.82) is 0 Å². The number of carbonyl (C=O) groups is 1. The Bertz CT molecular complexity index is 1040. The Morgan fingerprint density at radius 3 is 2.76 bits per heavy atom. The molecular formula is C23H25BrN2O2S. The molecule has 1 unspecified atom stereocenters. The summed E-state index contributed by atoms with van der Waals surface area (Å²) in [4.78, 5) is 18.5. The average molecular weight is 473 g/mol. The van der Waals surface area contributed by atoms with Gasteiger partial charge in [0.05, 0.1) is 18.1 Å². The minimum absolute atomic E-state index is 0.0403. The van der Waals surface area contributed by atoms with Gasteiger partial charge >= 0.3 is 5.97 Å². The van der Waals surface area contributed by atoms with Crippen molar-refractivity contribution in [3.05, 3.63) is 52.4 Å². The van der Waals surface area contributed by atoms with Crippen LogP contribution in [0.3, 0.4) is 0 Å². The fourth-order valence-electron chi connectivity index (χ4n) is 4.35. The number of hydrogen-bond donors (Lipinski definition) is 1. The van der Waals surface area contributed by atoms with Crippen LogP contribution >= 0.6 is 27.7 Å². The SMILES string of the molecule is CC(C)Cc1cncc2c1c(Sc1ccc(Br)cc1)c1n2CCCC1CC(=O)O. The van der Waals surface area contributed by atoms with Crippen LogP contribution in [0.4, 0.5) is 0 Å². The molecule has 1 aliphatic rings. The Morgan fingerprint density at radius 2 is 2.07 bits per heavy atom. The second-order valence-corrected chi connectivity index (χ2v) is 10.1. The molecule has 0 aliphatic carbocycles. The fraction of sp³-hybridized carbons (Fsp3) is 0.391. The van der Waals surface area contributed by atoms with Crippen LogP contribution in [0.2, 0.25) is 0 Å². The standard InChI is InChI=1S/C23H25BrN2O2S/c1-14(2)10-16-12-25-13-19-21(16)23(29-18-7-5-17(24)6-8-18)22-15(11-20(27)28)4-3-9-26(19)22/h5-8,12-15H,3-4,9-11H2,1-2H3,(H,27,28). The number of carboxylic acids is 1. The number of aryl methyl sites for hydroxylation is 1. The Labute approximate surface area is 183 Å². The largest absolute Gasteiger partial charge is 0.481 e. The molecule has 1 N–H and O–H groups in total. The molecule has 3 heterocycles. The smallest absolute Gasteiger partial charge is 0.304 e. The van der Waals surface area contributed by atoms with E-state index in [-0.39, 0.29) is 12.3 Å². The number of fused-ring (bicyclic) bond motifs is 3. The summed E-state index contributed by atoms with van der Waals surface area (Å²) in [7, 11) is 0. The third-order valence-corrected chi connectivity index (χ3v) is 7.10. The number of halogens is 1. The Balaban J connectivity index is 1.93. The van der Waals surface area contributed by atoms with Crippen LogP contribution in [0, 0.1) is 5.92 Å². The predicted molar refractivity (Wildman–Crippen MR) is 121 cm³/mol. The second kappa shape index (κ2) is 8.52. The van der Waals surface area contributed by atoms with E-state index in [1.54, 1.807) is 11.8 Å². The summed E-state index contributed by atoms with van der Waals surface area (Å²) in [6.07, 6.45) is 7.01. The summed E-state index contributed by atoms with van der Waals surface area (Å²) in [5, 5.41) is 10.8. The number of benzene rings is 1. The number of rotatable bonds is 6. The highest BCUT2D eigenvalue weighted by molar-refractivity contribution is 9.10. The van der Waals surface area contributed by atoms with Crippen molar-refractivity contribution in [2.75, 3.05) is 0 Å². The van der Waals surface area contributed by atoms with E-state index < -0.39 is 5.97 Å². The molecule has 1 aliphatic heterocycles. The highest BCUT2D eigenvalue weighted by atomic mass is 79.9. The van der Waals surface area contributed by atoms with Crippen molar-refractivity contribution >= 4 is 44.6 Å². The summed E-state index contributed by atoms with van der Waals surface area (Å²) >= 11 is 5.27. The first kappa shape index (κ1) is 20.5. The molecule has 1 atom stereocenters. The Morgan fingerprint density at radius 1 is 1.31 bits per heavy atom. The van der Waals surface area contributed by atoms with Gasteiger partial charge in [0.2, 0.25) is 0 Å². The molecular weight excluding hydrogens is 448 g/mol. The third-order valence-electron chi connectivity index (χ3n) is 5.45. The van der Waals surface area contributed by atoms with Crippen molar-refractivity contribution in [3.8, 4) is 0 Å². The van der Waals surface area contributed by atoms with Gasteiger partial charge in [-0.15, -0.1) is 0 Å². The molecule has 1 aromatic carbocycles. The number of pyridine rings is 1. The van der Waals surface area contributed by atoms with Gasteiger partial charge in [0.1, 0.15) is 0 Å². The zero-order valence-electron chi connectivity index (χ0n) is 16.7. The van der Waals surface area contributed by atoms with E-state index in [0.29, 0.717) is 5.92 Å². The van der Waals surface area contributed by atoms with Gasteiger partial charge in [0, 0.05) is 44.0 Å². The monoisotopic (exact) mass is 472 g/mol. The molecule has 0 radical (unpaired) electrons. The first-order valence-electron chi connectivity index (χ1n) is 10.1. The lowest BCUT2D eigenvalue weighted by Crippen LogP contribution is -2.18. The minimum Gasteiger partial charge on any atom is -0.481 e. The molecule has 0 bridgehead atoms. The maximum Gasteiger partial charge on any atom is 0.304 e. The number of carboxylic acid groups (broad SMARTS) is 1. The Hall–Kier alpha value is -1.79. The van der Waals surface area contributed by atoms with E-state index in [4.69, 9.17) is 0 Å². The van der Waals surface area contributed by atoms with Gasteiger partial charge in [-0.3, -0.25) is 9.78 Å².